The number of para-hydroxylation sites is 1. The summed E-state index contributed by atoms with van der Waals surface area (Å²) in [5, 5.41) is 13.5. The third-order valence-electron chi connectivity index (χ3n) is 4.72. The molecule has 1 aliphatic rings. The summed E-state index contributed by atoms with van der Waals surface area (Å²) in [5.41, 5.74) is 2.99. The molecule has 0 amide bonds. The number of H-pyrrole nitrogens is 1. The van der Waals surface area contributed by atoms with Crippen LogP contribution in [0.2, 0.25) is 0 Å². The van der Waals surface area contributed by atoms with E-state index in [9.17, 15) is 4.79 Å². The van der Waals surface area contributed by atoms with Crippen molar-refractivity contribution in [3.05, 3.63) is 35.5 Å². The van der Waals surface area contributed by atoms with E-state index in [1.165, 1.54) is 17.3 Å². The summed E-state index contributed by atoms with van der Waals surface area (Å²) in [4.78, 5) is 16.0. The lowest BCUT2D eigenvalue weighted by atomic mass is 10.1. The minimum absolute atomic E-state index is 0.0705. The fourth-order valence-corrected chi connectivity index (χ4v) is 4.12. The number of benzene rings is 1. The van der Waals surface area contributed by atoms with Crippen molar-refractivity contribution < 1.29 is 9.53 Å². The highest BCUT2D eigenvalue weighted by Gasteiger charge is 2.20. The van der Waals surface area contributed by atoms with E-state index in [4.69, 9.17) is 4.74 Å². The van der Waals surface area contributed by atoms with Gasteiger partial charge in [0.2, 0.25) is 5.16 Å². The van der Waals surface area contributed by atoms with Crippen LogP contribution in [0.5, 0.6) is 0 Å². The number of fused-ring (bicyclic) bond motifs is 1. The molecule has 0 aliphatic carbocycles. The first kappa shape index (κ1) is 17.2. The van der Waals surface area contributed by atoms with Gasteiger partial charge in [0.25, 0.3) is 0 Å². The van der Waals surface area contributed by atoms with Crippen LogP contribution in [0.1, 0.15) is 35.7 Å². The number of ether oxygens (including phenoxy) is 1. The van der Waals surface area contributed by atoms with Gasteiger partial charge in [-0.3, -0.25) is 4.79 Å². The molecule has 8 heteroatoms. The topological polar surface area (TPSA) is 85.7 Å². The lowest BCUT2D eigenvalue weighted by molar-refractivity contribution is 0.0912. The number of ketones is 1. The molecule has 136 valence electrons. The number of aromatic amines is 1. The molecule has 7 nitrogen and oxygen atoms in total. The predicted octanol–water partition coefficient (Wildman–Crippen LogP) is 2.87. The fourth-order valence-electron chi connectivity index (χ4n) is 3.35. The van der Waals surface area contributed by atoms with E-state index in [-0.39, 0.29) is 11.9 Å². The smallest absolute Gasteiger partial charge is 0.209 e. The van der Waals surface area contributed by atoms with Crippen LogP contribution in [-0.4, -0.2) is 49.4 Å². The van der Waals surface area contributed by atoms with E-state index in [0.717, 1.165) is 42.3 Å². The Morgan fingerprint density at radius 2 is 2.38 bits per heavy atom. The molecule has 1 aromatic carbocycles. The maximum absolute atomic E-state index is 12.7. The highest BCUT2D eigenvalue weighted by atomic mass is 32.2. The SMILES string of the molecule is CCc1cccc2c(C(=O)CSc3nnnn3CC3CCCO3)c[nH]c12. The van der Waals surface area contributed by atoms with Gasteiger partial charge in [0.05, 0.1) is 18.4 Å². The lowest BCUT2D eigenvalue weighted by Crippen LogP contribution is -2.17. The molecule has 0 bridgehead atoms. The molecule has 1 atom stereocenters. The van der Waals surface area contributed by atoms with Crippen molar-refractivity contribution in [3.63, 3.8) is 0 Å². The van der Waals surface area contributed by atoms with Crippen LogP contribution in [0.4, 0.5) is 0 Å². The predicted molar refractivity (Wildman–Crippen MR) is 99.5 cm³/mol. The normalized spacial score (nSPS) is 17.2. The van der Waals surface area contributed by atoms with E-state index >= 15 is 0 Å². The number of aryl methyl sites for hydroxylation is 1. The first-order chi connectivity index (χ1) is 12.8. The van der Waals surface area contributed by atoms with Gasteiger partial charge < -0.3 is 9.72 Å². The third-order valence-corrected chi connectivity index (χ3v) is 5.67. The Hall–Kier alpha value is -2.19. The maximum Gasteiger partial charge on any atom is 0.209 e. The highest BCUT2D eigenvalue weighted by Crippen LogP contribution is 2.25. The zero-order valence-electron chi connectivity index (χ0n) is 14.6. The first-order valence-electron chi connectivity index (χ1n) is 8.89. The Morgan fingerprint density at radius 3 is 3.19 bits per heavy atom. The van der Waals surface area contributed by atoms with E-state index in [1.54, 1.807) is 4.68 Å². The molecule has 1 unspecified atom stereocenters. The summed E-state index contributed by atoms with van der Waals surface area (Å²) in [6, 6.07) is 6.08. The second-order valence-electron chi connectivity index (χ2n) is 6.39. The molecule has 1 aliphatic heterocycles. The number of aromatic nitrogens is 5. The summed E-state index contributed by atoms with van der Waals surface area (Å²) in [5.74, 6) is 0.371. The molecule has 0 radical (unpaired) electrons. The van der Waals surface area contributed by atoms with Crippen LogP contribution in [0.15, 0.2) is 29.6 Å². The minimum Gasteiger partial charge on any atom is -0.376 e. The quantitative estimate of drug-likeness (QED) is 0.508. The minimum atomic E-state index is 0.0705. The summed E-state index contributed by atoms with van der Waals surface area (Å²) in [6.45, 7) is 3.55. The van der Waals surface area contributed by atoms with Gasteiger partial charge in [-0.1, -0.05) is 36.9 Å². The van der Waals surface area contributed by atoms with Crippen molar-refractivity contribution in [2.75, 3.05) is 12.4 Å². The zero-order chi connectivity index (χ0) is 17.9. The van der Waals surface area contributed by atoms with Crippen LogP contribution < -0.4 is 0 Å². The number of Topliss-reactive ketones (excluding diaryl/α,β-unsaturated/α-hetero) is 1. The van der Waals surface area contributed by atoms with Crippen LogP contribution in [0.25, 0.3) is 10.9 Å². The molecule has 2 aromatic heterocycles. The van der Waals surface area contributed by atoms with Crippen molar-refractivity contribution >= 4 is 28.4 Å². The number of thioether (sulfide) groups is 1. The summed E-state index contributed by atoms with van der Waals surface area (Å²) in [7, 11) is 0. The van der Waals surface area contributed by atoms with Gasteiger partial charge >= 0.3 is 0 Å². The zero-order valence-corrected chi connectivity index (χ0v) is 15.5. The summed E-state index contributed by atoms with van der Waals surface area (Å²) in [6.07, 6.45) is 5.00. The molecular formula is C18H21N5O2S. The number of tetrazole rings is 1. The lowest BCUT2D eigenvalue weighted by Gasteiger charge is -2.09. The monoisotopic (exact) mass is 371 g/mol. The fraction of sp³-hybridized carbons (Fsp3) is 0.444. The van der Waals surface area contributed by atoms with E-state index < -0.39 is 0 Å². The van der Waals surface area contributed by atoms with Crippen LogP contribution >= 0.6 is 11.8 Å². The molecule has 3 aromatic rings. The third kappa shape index (κ3) is 3.39. The van der Waals surface area contributed by atoms with Crippen LogP contribution in [0, 0.1) is 0 Å². The average molecular weight is 371 g/mol. The molecule has 1 N–H and O–H groups in total. The molecule has 0 saturated carbocycles. The van der Waals surface area contributed by atoms with Crippen LogP contribution in [-0.2, 0) is 17.7 Å². The van der Waals surface area contributed by atoms with E-state index in [0.29, 0.717) is 17.5 Å². The maximum atomic E-state index is 12.7. The molecule has 1 saturated heterocycles. The number of carbonyl (C=O) groups is 1. The highest BCUT2D eigenvalue weighted by molar-refractivity contribution is 7.99. The molecule has 0 spiro atoms. The van der Waals surface area contributed by atoms with Crippen molar-refractivity contribution in [3.8, 4) is 0 Å². The van der Waals surface area contributed by atoms with Crippen molar-refractivity contribution in [2.24, 2.45) is 0 Å². The Bertz CT molecular complexity index is 913. The Labute approximate surface area is 155 Å². The molecular weight excluding hydrogens is 350 g/mol. The van der Waals surface area contributed by atoms with Gasteiger partial charge in [0, 0.05) is 29.3 Å². The second kappa shape index (κ2) is 7.59. The van der Waals surface area contributed by atoms with Crippen molar-refractivity contribution in [1.82, 2.24) is 25.2 Å². The Balaban J connectivity index is 1.46. The number of nitrogens with one attached hydrogen (secondary N) is 1. The van der Waals surface area contributed by atoms with Crippen molar-refractivity contribution in [1.29, 1.82) is 0 Å². The van der Waals surface area contributed by atoms with Gasteiger partial charge in [0.1, 0.15) is 0 Å². The van der Waals surface area contributed by atoms with Gasteiger partial charge in [0.15, 0.2) is 5.78 Å². The number of nitrogens with zero attached hydrogens (tertiary/aromatic N) is 4. The molecule has 4 rings (SSSR count). The van der Waals surface area contributed by atoms with Gasteiger partial charge in [-0.05, 0) is 35.3 Å². The number of carbonyl (C=O) groups excluding carboxylic acids is 1. The summed E-state index contributed by atoms with van der Waals surface area (Å²) < 4.78 is 7.37. The van der Waals surface area contributed by atoms with Crippen molar-refractivity contribution in [2.45, 2.75) is 44.0 Å². The molecule has 3 heterocycles. The van der Waals surface area contributed by atoms with Gasteiger partial charge in [-0.15, -0.1) is 5.10 Å². The molecule has 1 fully saturated rings. The average Bonchev–Trinajstić information content (AvgIpc) is 3.40. The first-order valence-corrected chi connectivity index (χ1v) is 9.87. The number of hydrogen-bond acceptors (Lipinski definition) is 6. The Kier molecular flexibility index (Phi) is 5.03. The summed E-state index contributed by atoms with van der Waals surface area (Å²) >= 11 is 1.37. The number of rotatable bonds is 7. The van der Waals surface area contributed by atoms with Gasteiger partial charge in [-0.25, -0.2) is 4.68 Å². The number of hydrogen-bond donors (Lipinski definition) is 1. The largest absolute Gasteiger partial charge is 0.376 e. The van der Waals surface area contributed by atoms with E-state index in [1.807, 2.05) is 18.3 Å². The second-order valence-corrected chi connectivity index (χ2v) is 7.33. The van der Waals surface area contributed by atoms with E-state index in [2.05, 4.69) is 33.5 Å². The van der Waals surface area contributed by atoms with Gasteiger partial charge in [-0.2, -0.15) is 0 Å². The molecule has 26 heavy (non-hydrogen) atoms. The standard InChI is InChI=1S/C18H21N5O2S/c1-2-12-5-3-7-14-15(9-19-17(12)14)16(24)11-26-18-20-21-22-23(18)10-13-6-4-8-25-13/h3,5,7,9,13,19H,2,4,6,8,10-11H2,1H3. The van der Waals surface area contributed by atoms with Crippen LogP contribution in [0.3, 0.4) is 0 Å². The Morgan fingerprint density at radius 1 is 1.46 bits per heavy atom.